The first-order valence-corrected chi connectivity index (χ1v) is 18.8. The fraction of sp³-hybridized carbons (Fsp3) is 0.351. The summed E-state index contributed by atoms with van der Waals surface area (Å²) in [6, 6.07) is 17.0. The van der Waals surface area contributed by atoms with Gasteiger partial charge in [-0.25, -0.2) is 13.4 Å². The minimum absolute atomic E-state index is 0.0922. The lowest BCUT2D eigenvalue weighted by atomic mass is 10.2. The molecule has 0 aliphatic heterocycles. The van der Waals surface area contributed by atoms with Crippen molar-refractivity contribution in [2.24, 2.45) is 0 Å². The summed E-state index contributed by atoms with van der Waals surface area (Å²) in [6.45, 7) is 4.07. The number of methoxy groups -OCH3 is 4. The van der Waals surface area contributed by atoms with Gasteiger partial charge in [0.1, 0.15) is 59.5 Å². The number of halogens is 2. The molecule has 0 bridgehead atoms. The van der Waals surface area contributed by atoms with E-state index in [2.05, 4.69) is 9.97 Å². The molecule has 2 aromatic heterocycles. The van der Waals surface area contributed by atoms with Crippen LogP contribution in [0.1, 0.15) is 12.5 Å². The molecule has 0 amide bonds. The van der Waals surface area contributed by atoms with Crippen molar-refractivity contribution in [2.75, 3.05) is 73.8 Å². The van der Waals surface area contributed by atoms with E-state index in [9.17, 15) is 13.2 Å². The lowest BCUT2D eigenvalue weighted by Gasteiger charge is -2.14. The molecule has 286 valence electrons. The van der Waals surface area contributed by atoms with Crippen molar-refractivity contribution in [3.63, 3.8) is 0 Å². The second-order valence-corrected chi connectivity index (χ2v) is 14.1. The highest BCUT2D eigenvalue weighted by Gasteiger charge is 2.20. The van der Waals surface area contributed by atoms with Crippen LogP contribution in [-0.4, -0.2) is 92.2 Å². The van der Waals surface area contributed by atoms with Crippen molar-refractivity contribution < 1.29 is 46.3 Å². The van der Waals surface area contributed by atoms with Gasteiger partial charge in [-0.3, -0.25) is 4.79 Å². The van der Waals surface area contributed by atoms with E-state index in [0.29, 0.717) is 89.6 Å². The van der Waals surface area contributed by atoms with E-state index in [-0.39, 0.29) is 27.8 Å². The van der Waals surface area contributed by atoms with Crippen molar-refractivity contribution in [3.05, 3.63) is 86.5 Å². The summed E-state index contributed by atoms with van der Waals surface area (Å²) in [7, 11) is 2.75. The summed E-state index contributed by atoms with van der Waals surface area (Å²) in [4.78, 5) is 19.4. The Kier molecular flexibility index (Phi) is 15.8. The number of sulfone groups is 1. The summed E-state index contributed by atoms with van der Waals surface area (Å²) in [5.41, 5.74) is 1.51. The van der Waals surface area contributed by atoms with Gasteiger partial charge in [0.05, 0.1) is 43.7 Å². The zero-order valence-electron chi connectivity index (χ0n) is 30.0. The smallest absolute Gasteiger partial charge is 0.195 e. The van der Waals surface area contributed by atoms with E-state index in [1.165, 1.54) is 12.1 Å². The number of nitrogens with zero attached hydrogens (tertiary/aromatic N) is 1. The molecule has 0 unspecified atom stereocenters. The number of rotatable bonds is 18. The van der Waals surface area contributed by atoms with Crippen LogP contribution in [-0.2, 0) is 30.7 Å². The number of aromatic nitrogens is 2. The average Bonchev–Trinajstić information content (AvgIpc) is 3.16. The standard InChI is InChI=1S/C22H24ClNO6S.C15H18ClNO5/c1-4-31(25,26)20-13-19(30-14-15-5-7-16(28-3)8-6-15)17-9-10-18(29-12-11-27-2)21(23)22(17)24-20;1-19-5-7-21-12-4-3-10-11(18)9-13(22-8-6-20-2)17-15(10)14(12)16/h5-10,13H,4,11-12,14H2,1-3H3;3-4,9H,5-8H2,1-2H3,(H,17,18). The molecule has 3 aromatic carbocycles. The van der Waals surface area contributed by atoms with Gasteiger partial charge in [-0.05, 0) is 42.0 Å². The first kappa shape index (κ1) is 41.4. The molecule has 0 radical (unpaired) electrons. The largest absolute Gasteiger partial charge is 0.497 e. The molecule has 0 saturated carbocycles. The van der Waals surface area contributed by atoms with E-state index in [4.69, 9.17) is 61.1 Å². The molecular weight excluding hydrogens is 751 g/mol. The van der Waals surface area contributed by atoms with Gasteiger partial charge in [0.25, 0.3) is 0 Å². The molecule has 53 heavy (non-hydrogen) atoms. The third-order valence-corrected chi connectivity index (χ3v) is 9.94. The zero-order chi connectivity index (χ0) is 38.4. The third-order valence-electron chi connectivity index (χ3n) is 7.59. The van der Waals surface area contributed by atoms with Crippen LogP contribution in [0.4, 0.5) is 0 Å². The quantitative estimate of drug-likeness (QED) is 0.0961. The van der Waals surface area contributed by atoms with Crippen LogP contribution in [0, 0.1) is 0 Å². The zero-order valence-corrected chi connectivity index (χ0v) is 32.4. The van der Waals surface area contributed by atoms with E-state index >= 15 is 0 Å². The summed E-state index contributed by atoms with van der Waals surface area (Å²) in [5.74, 6) is 2.23. The maximum absolute atomic E-state index is 12.5. The number of hydrogen-bond donors (Lipinski definition) is 1. The number of hydrogen-bond acceptors (Lipinski definition) is 12. The van der Waals surface area contributed by atoms with E-state index in [0.717, 1.165) is 11.3 Å². The molecule has 0 fully saturated rings. The summed E-state index contributed by atoms with van der Waals surface area (Å²) in [5, 5.41) is 1.53. The molecule has 5 rings (SSSR count). The van der Waals surface area contributed by atoms with Crippen molar-refractivity contribution in [3.8, 4) is 28.9 Å². The monoisotopic (exact) mass is 792 g/mol. The lowest BCUT2D eigenvalue weighted by molar-refractivity contribution is 0.144. The van der Waals surface area contributed by atoms with Gasteiger partial charge in [-0.2, -0.15) is 0 Å². The minimum atomic E-state index is -3.58. The third kappa shape index (κ3) is 11.1. The summed E-state index contributed by atoms with van der Waals surface area (Å²) >= 11 is 12.8. The predicted octanol–water partition coefficient (Wildman–Crippen LogP) is 6.53. The fourth-order valence-corrected chi connectivity index (χ4v) is 6.08. The Morgan fingerprint density at radius 2 is 1.26 bits per heavy atom. The molecular formula is C37H42Cl2N2O11S. The molecule has 0 aliphatic rings. The Bertz CT molecular complexity index is 2130. The molecule has 0 spiro atoms. The van der Waals surface area contributed by atoms with Crippen LogP contribution < -0.4 is 29.1 Å². The van der Waals surface area contributed by atoms with E-state index < -0.39 is 9.84 Å². The number of aromatic amines is 1. The number of fused-ring (bicyclic) bond motifs is 2. The Morgan fingerprint density at radius 1 is 0.679 bits per heavy atom. The average molecular weight is 794 g/mol. The summed E-state index contributed by atoms with van der Waals surface area (Å²) in [6.07, 6.45) is 0. The fourth-order valence-electron chi connectivity index (χ4n) is 4.74. The SMILES string of the molecule is CCS(=O)(=O)c1cc(OCc2ccc(OC)cc2)c2ccc(OCCOC)c(Cl)c2n1.COCCOc1cc(=O)c2ccc(OCCOC)c(Cl)c2[nH]1. The van der Waals surface area contributed by atoms with E-state index in [1.807, 2.05) is 24.3 Å². The summed E-state index contributed by atoms with van der Waals surface area (Å²) < 4.78 is 67.6. The van der Waals surface area contributed by atoms with E-state index in [1.54, 1.807) is 59.6 Å². The number of benzene rings is 3. The van der Waals surface area contributed by atoms with Crippen LogP contribution in [0.25, 0.3) is 21.8 Å². The predicted molar refractivity (Wildman–Crippen MR) is 203 cm³/mol. The number of H-pyrrole nitrogens is 1. The first-order chi connectivity index (χ1) is 25.6. The molecule has 0 atom stereocenters. The van der Waals surface area contributed by atoms with Gasteiger partial charge >= 0.3 is 0 Å². The van der Waals surface area contributed by atoms with Crippen LogP contribution in [0.15, 0.2) is 70.5 Å². The van der Waals surface area contributed by atoms with Gasteiger partial charge in [0.2, 0.25) is 0 Å². The molecule has 2 heterocycles. The van der Waals surface area contributed by atoms with Crippen molar-refractivity contribution >= 4 is 54.8 Å². The van der Waals surface area contributed by atoms with Gasteiger partial charge in [-0.15, -0.1) is 0 Å². The molecule has 0 saturated heterocycles. The Balaban J connectivity index is 0.000000251. The highest BCUT2D eigenvalue weighted by atomic mass is 35.5. The highest BCUT2D eigenvalue weighted by molar-refractivity contribution is 7.91. The van der Waals surface area contributed by atoms with Crippen LogP contribution in [0.2, 0.25) is 10.0 Å². The normalized spacial score (nSPS) is 11.2. The molecule has 16 heteroatoms. The minimum Gasteiger partial charge on any atom is -0.497 e. The molecule has 13 nitrogen and oxygen atoms in total. The number of nitrogens with one attached hydrogen (secondary N) is 1. The van der Waals surface area contributed by atoms with Crippen LogP contribution in [0.3, 0.4) is 0 Å². The van der Waals surface area contributed by atoms with Gasteiger partial charge < -0.3 is 42.9 Å². The van der Waals surface area contributed by atoms with Crippen LogP contribution >= 0.6 is 23.2 Å². The highest BCUT2D eigenvalue weighted by Crippen LogP contribution is 2.38. The Hall–Kier alpha value is -4.31. The second kappa shape index (κ2) is 20.2. The number of pyridine rings is 2. The van der Waals surface area contributed by atoms with Gasteiger partial charge in [-0.1, -0.05) is 42.3 Å². The first-order valence-electron chi connectivity index (χ1n) is 16.4. The molecule has 5 aromatic rings. The molecule has 1 N–H and O–H groups in total. The van der Waals surface area contributed by atoms with Crippen LogP contribution in [0.5, 0.6) is 28.9 Å². The second-order valence-electron chi connectivity index (χ2n) is 11.1. The van der Waals surface area contributed by atoms with Crippen molar-refractivity contribution in [1.29, 1.82) is 0 Å². The maximum atomic E-state index is 12.5. The number of ether oxygens (including phenoxy) is 8. The maximum Gasteiger partial charge on any atom is 0.195 e. The van der Waals surface area contributed by atoms with Crippen molar-refractivity contribution in [1.82, 2.24) is 9.97 Å². The topological polar surface area (TPSA) is 154 Å². The van der Waals surface area contributed by atoms with Crippen molar-refractivity contribution in [2.45, 2.75) is 18.6 Å². The van der Waals surface area contributed by atoms with Gasteiger partial charge in [0, 0.05) is 44.2 Å². The Labute approximate surface area is 317 Å². The Morgan fingerprint density at radius 3 is 1.85 bits per heavy atom. The van der Waals surface area contributed by atoms with Gasteiger partial charge in [0.15, 0.2) is 26.2 Å². The lowest BCUT2D eigenvalue weighted by Crippen LogP contribution is -2.10. The molecule has 0 aliphatic carbocycles.